The van der Waals surface area contributed by atoms with E-state index in [-0.39, 0.29) is 11.1 Å². The summed E-state index contributed by atoms with van der Waals surface area (Å²) in [5.74, 6) is -0.656. The fourth-order valence-electron chi connectivity index (χ4n) is 1.75. The van der Waals surface area contributed by atoms with E-state index >= 15 is 0 Å². The number of rotatable bonds is 2. The van der Waals surface area contributed by atoms with Crippen molar-refractivity contribution in [1.82, 2.24) is 4.98 Å². The first-order valence-corrected chi connectivity index (χ1v) is 6.04. The predicted octanol–water partition coefficient (Wildman–Crippen LogP) is 5.32. The Bertz CT molecular complexity index is 683. The number of alkyl halides is 6. The lowest BCUT2D eigenvalue weighted by molar-refractivity contribution is -0.274. The van der Waals surface area contributed by atoms with E-state index < -0.39 is 29.0 Å². The summed E-state index contributed by atoms with van der Waals surface area (Å²) in [4.78, 5) is 3.12. The van der Waals surface area contributed by atoms with Crippen LogP contribution in [0.5, 0.6) is 5.75 Å². The molecule has 0 amide bonds. The minimum absolute atomic E-state index is 0.224. The molecule has 0 fully saturated rings. The highest BCUT2D eigenvalue weighted by atomic mass is 35.5. The summed E-state index contributed by atoms with van der Waals surface area (Å²) in [6, 6.07) is 5.83. The molecule has 2 rings (SSSR count). The number of para-hydroxylation sites is 1. The van der Waals surface area contributed by atoms with Crippen LogP contribution in [0, 0.1) is 0 Å². The van der Waals surface area contributed by atoms with Crippen LogP contribution in [0.4, 0.5) is 26.3 Å². The van der Waals surface area contributed by atoms with Gasteiger partial charge in [-0.3, -0.25) is 4.98 Å². The highest BCUT2D eigenvalue weighted by Crippen LogP contribution is 2.41. The number of aromatic nitrogens is 1. The largest absolute Gasteiger partial charge is 0.573 e. The fourth-order valence-corrected chi connectivity index (χ4v) is 2.07. The maximum Gasteiger partial charge on any atom is 0.573 e. The summed E-state index contributed by atoms with van der Waals surface area (Å²) in [6.45, 7) is 0. The van der Waals surface area contributed by atoms with Gasteiger partial charge in [0.1, 0.15) is 5.75 Å². The molecule has 1 aromatic carbocycles. The van der Waals surface area contributed by atoms with E-state index in [1.54, 1.807) is 0 Å². The lowest BCUT2D eigenvalue weighted by Gasteiger charge is -2.15. The second-order valence-electron chi connectivity index (χ2n) is 4.06. The normalized spacial score (nSPS) is 12.3. The van der Waals surface area contributed by atoms with Crippen molar-refractivity contribution in [2.24, 2.45) is 0 Å². The zero-order chi connectivity index (χ0) is 16.5. The van der Waals surface area contributed by atoms with Crippen LogP contribution in [-0.2, 0) is 6.18 Å². The molecule has 0 aliphatic heterocycles. The van der Waals surface area contributed by atoms with Crippen molar-refractivity contribution in [2.75, 3.05) is 0 Å². The van der Waals surface area contributed by atoms with Gasteiger partial charge in [-0.15, -0.1) is 13.2 Å². The van der Waals surface area contributed by atoms with E-state index in [1.165, 1.54) is 18.2 Å². The van der Waals surface area contributed by atoms with Gasteiger partial charge in [0.05, 0.1) is 5.02 Å². The molecule has 0 unspecified atom stereocenters. The van der Waals surface area contributed by atoms with Crippen LogP contribution in [0.3, 0.4) is 0 Å². The molecule has 1 aromatic heterocycles. The van der Waals surface area contributed by atoms with Gasteiger partial charge in [-0.2, -0.15) is 13.2 Å². The SMILES string of the molecule is FC(F)(F)Oc1ccccc1-c1ccnc(C(F)(F)F)c1Cl. The van der Waals surface area contributed by atoms with Gasteiger partial charge in [-0.25, -0.2) is 0 Å². The van der Waals surface area contributed by atoms with Gasteiger partial charge in [0, 0.05) is 17.3 Å². The van der Waals surface area contributed by atoms with Gasteiger partial charge in [0.2, 0.25) is 0 Å². The van der Waals surface area contributed by atoms with Crippen LogP contribution < -0.4 is 4.74 Å². The van der Waals surface area contributed by atoms with E-state index in [4.69, 9.17) is 11.6 Å². The second-order valence-corrected chi connectivity index (χ2v) is 4.44. The molecule has 2 aromatic rings. The first kappa shape index (κ1) is 16.4. The molecular formula is C13H6ClF6NO. The van der Waals surface area contributed by atoms with Gasteiger partial charge < -0.3 is 4.74 Å². The Labute approximate surface area is 125 Å². The topological polar surface area (TPSA) is 22.1 Å². The van der Waals surface area contributed by atoms with Crippen LogP contribution in [0.25, 0.3) is 11.1 Å². The molecule has 0 saturated heterocycles. The summed E-state index contributed by atoms with van der Waals surface area (Å²) >= 11 is 5.65. The molecule has 2 nitrogen and oxygen atoms in total. The van der Waals surface area contributed by atoms with Crippen molar-refractivity contribution in [2.45, 2.75) is 12.5 Å². The monoisotopic (exact) mass is 341 g/mol. The molecule has 0 spiro atoms. The average molecular weight is 342 g/mol. The molecule has 1 heterocycles. The summed E-state index contributed by atoms with van der Waals surface area (Å²) in [5, 5.41) is -0.798. The molecule has 0 N–H and O–H groups in total. The van der Waals surface area contributed by atoms with Crippen LogP contribution in [-0.4, -0.2) is 11.3 Å². The number of benzene rings is 1. The molecule has 22 heavy (non-hydrogen) atoms. The molecule has 9 heteroatoms. The van der Waals surface area contributed by atoms with Crippen LogP contribution in [0.1, 0.15) is 5.69 Å². The van der Waals surface area contributed by atoms with Gasteiger partial charge in [0.15, 0.2) is 5.69 Å². The Hall–Kier alpha value is -1.96. The van der Waals surface area contributed by atoms with Gasteiger partial charge in [-0.05, 0) is 12.1 Å². The predicted molar refractivity (Wildman–Crippen MR) is 66.4 cm³/mol. The lowest BCUT2D eigenvalue weighted by atomic mass is 10.0. The number of nitrogens with zero attached hydrogens (tertiary/aromatic N) is 1. The lowest BCUT2D eigenvalue weighted by Crippen LogP contribution is -2.17. The standard InChI is InChI=1S/C13H6ClF6NO/c14-10-8(5-6-21-11(10)12(15,16)17)7-3-1-2-4-9(7)22-13(18,19)20/h1-6H. The summed E-state index contributed by atoms with van der Waals surface area (Å²) in [6.07, 6.45) is -9.00. The molecule has 0 aliphatic carbocycles. The molecule has 0 aliphatic rings. The molecule has 0 atom stereocenters. The first-order valence-electron chi connectivity index (χ1n) is 5.66. The first-order chi connectivity index (χ1) is 10.1. The number of ether oxygens (including phenoxy) is 1. The number of halogens is 7. The summed E-state index contributed by atoms with van der Waals surface area (Å²) < 4.78 is 79.2. The summed E-state index contributed by atoms with van der Waals surface area (Å²) in [7, 11) is 0. The Morgan fingerprint density at radius 1 is 0.909 bits per heavy atom. The Morgan fingerprint density at radius 2 is 1.55 bits per heavy atom. The van der Waals surface area contributed by atoms with E-state index in [0.717, 1.165) is 18.3 Å². The van der Waals surface area contributed by atoms with E-state index in [2.05, 4.69) is 9.72 Å². The Balaban J connectivity index is 2.59. The quantitative estimate of drug-likeness (QED) is 0.690. The third-order valence-electron chi connectivity index (χ3n) is 2.56. The van der Waals surface area contributed by atoms with Crippen molar-refractivity contribution < 1.29 is 31.1 Å². The van der Waals surface area contributed by atoms with E-state index in [9.17, 15) is 26.3 Å². The minimum atomic E-state index is -4.98. The van der Waals surface area contributed by atoms with Crippen molar-refractivity contribution in [3.63, 3.8) is 0 Å². The Kier molecular flexibility index (Phi) is 4.23. The van der Waals surface area contributed by atoms with Crippen LogP contribution in [0.2, 0.25) is 5.02 Å². The average Bonchev–Trinajstić information content (AvgIpc) is 2.37. The molecular weight excluding hydrogens is 336 g/mol. The smallest absolute Gasteiger partial charge is 0.405 e. The number of hydrogen-bond donors (Lipinski definition) is 0. The third-order valence-corrected chi connectivity index (χ3v) is 2.94. The van der Waals surface area contributed by atoms with E-state index in [1.807, 2.05) is 0 Å². The van der Waals surface area contributed by atoms with Crippen LogP contribution >= 0.6 is 11.6 Å². The highest BCUT2D eigenvalue weighted by molar-refractivity contribution is 6.34. The maximum atomic E-state index is 12.8. The molecule has 0 radical (unpaired) electrons. The zero-order valence-electron chi connectivity index (χ0n) is 10.5. The number of hydrogen-bond acceptors (Lipinski definition) is 2. The van der Waals surface area contributed by atoms with Crippen molar-refractivity contribution in [1.29, 1.82) is 0 Å². The van der Waals surface area contributed by atoms with Crippen molar-refractivity contribution >= 4 is 11.6 Å². The van der Waals surface area contributed by atoms with Crippen molar-refractivity contribution in [3.8, 4) is 16.9 Å². The Morgan fingerprint density at radius 3 is 2.14 bits per heavy atom. The molecule has 0 bridgehead atoms. The van der Waals surface area contributed by atoms with E-state index in [0.29, 0.717) is 0 Å². The molecule has 118 valence electrons. The zero-order valence-corrected chi connectivity index (χ0v) is 11.2. The van der Waals surface area contributed by atoms with Gasteiger partial charge >= 0.3 is 12.5 Å². The maximum absolute atomic E-state index is 12.8. The third kappa shape index (κ3) is 3.62. The minimum Gasteiger partial charge on any atom is -0.405 e. The second kappa shape index (κ2) is 5.68. The van der Waals surface area contributed by atoms with Gasteiger partial charge in [-0.1, -0.05) is 29.8 Å². The highest BCUT2D eigenvalue weighted by Gasteiger charge is 2.37. The fraction of sp³-hybridized carbons (Fsp3) is 0.154. The summed E-state index contributed by atoms with van der Waals surface area (Å²) in [5.41, 5.74) is -1.87. The van der Waals surface area contributed by atoms with Crippen molar-refractivity contribution in [3.05, 3.63) is 47.2 Å². The molecule has 0 saturated carbocycles. The van der Waals surface area contributed by atoms with Gasteiger partial charge in [0.25, 0.3) is 0 Å². The number of pyridine rings is 1. The van der Waals surface area contributed by atoms with Crippen LogP contribution in [0.15, 0.2) is 36.5 Å².